The Morgan fingerprint density at radius 2 is 1.84 bits per heavy atom. The Labute approximate surface area is 147 Å². The minimum atomic E-state index is -0.184. The van der Waals surface area contributed by atoms with E-state index in [1.165, 1.54) is 6.92 Å². The second kappa shape index (κ2) is 8.09. The molecule has 2 aliphatic heterocycles. The monoisotopic (exact) mass is 347 g/mol. The molecule has 3 amide bonds. The molecule has 2 heterocycles. The summed E-state index contributed by atoms with van der Waals surface area (Å²) in [5, 5.41) is 5.78. The van der Waals surface area contributed by atoms with Gasteiger partial charge < -0.3 is 25.0 Å². The van der Waals surface area contributed by atoms with E-state index in [2.05, 4.69) is 10.6 Å². The highest BCUT2D eigenvalue weighted by molar-refractivity contribution is 5.74. The van der Waals surface area contributed by atoms with Gasteiger partial charge in [0.05, 0.1) is 6.54 Å². The smallest absolute Gasteiger partial charge is 0.317 e. The lowest BCUT2D eigenvalue weighted by Crippen LogP contribution is -2.49. The number of hydrogen-bond acceptors (Lipinski definition) is 4. The average Bonchev–Trinajstić information content (AvgIpc) is 2.64. The van der Waals surface area contributed by atoms with Crippen molar-refractivity contribution in [2.45, 2.75) is 25.9 Å². The van der Waals surface area contributed by atoms with Crippen LogP contribution in [0.4, 0.5) is 4.79 Å². The second-order valence-electron chi connectivity index (χ2n) is 6.55. The molecule has 1 atom stereocenters. The highest BCUT2D eigenvalue weighted by Gasteiger charge is 2.25. The third kappa shape index (κ3) is 4.78. The molecule has 7 nitrogen and oxygen atoms in total. The number of ether oxygens (including phenoxy) is 2. The van der Waals surface area contributed by atoms with Crippen LogP contribution in [-0.2, 0) is 4.79 Å². The molecule has 0 unspecified atom stereocenters. The average molecular weight is 347 g/mol. The Hall–Kier alpha value is -2.44. The standard InChI is InChI=1S/C18H25N3O4/c1-13(22)19-10-14-6-8-21(9-7-14)18(23)20-11-15-12-24-16-4-2-3-5-17(16)25-15/h2-5,14-15H,6-12H2,1H3,(H,19,22)(H,20,23)/t15-/m0/s1. The van der Waals surface area contributed by atoms with Gasteiger partial charge in [-0.1, -0.05) is 12.1 Å². The van der Waals surface area contributed by atoms with Gasteiger partial charge in [-0.05, 0) is 30.9 Å². The number of urea groups is 1. The summed E-state index contributed by atoms with van der Waals surface area (Å²) in [6, 6.07) is 7.47. The van der Waals surface area contributed by atoms with Crippen LogP contribution in [0.25, 0.3) is 0 Å². The van der Waals surface area contributed by atoms with Crippen LogP contribution in [0, 0.1) is 5.92 Å². The van der Waals surface area contributed by atoms with E-state index in [1.54, 1.807) is 0 Å². The molecule has 25 heavy (non-hydrogen) atoms. The number of carbonyl (C=O) groups excluding carboxylic acids is 2. The molecule has 7 heteroatoms. The molecular weight excluding hydrogens is 322 g/mol. The zero-order valence-corrected chi connectivity index (χ0v) is 14.5. The SMILES string of the molecule is CC(=O)NCC1CCN(C(=O)NC[C@H]2COc3ccccc3O2)CC1. The molecule has 0 saturated carbocycles. The summed E-state index contributed by atoms with van der Waals surface area (Å²) in [5.74, 6) is 1.90. The van der Waals surface area contributed by atoms with Crippen molar-refractivity contribution < 1.29 is 19.1 Å². The van der Waals surface area contributed by atoms with Gasteiger partial charge in [0, 0.05) is 26.6 Å². The molecule has 1 fully saturated rings. The van der Waals surface area contributed by atoms with Gasteiger partial charge in [-0.3, -0.25) is 4.79 Å². The Balaban J connectivity index is 1.38. The molecule has 1 saturated heterocycles. The molecule has 1 aromatic carbocycles. The van der Waals surface area contributed by atoms with Crippen LogP contribution in [0.2, 0.25) is 0 Å². The quantitative estimate of drug-likeness (QED) is 0.862. The van der Waals surface area contributed by atoms with Crippen molar-refractivity contribution in [2.75, 3.05) is 32.8 Å². The highest BCUT2D eigenvalue weighted by atomic mass is 16.6. The molecule has 1 aromatic rings. The van der Waals surface area contributed by atoms with E-state index in [1.807, 2.05) is 29.2 Å². The molecule has 3 rings (SSSR count). The number of nitrogens with zero attached hydrogens (tertiary/aromatic N) is 1. The molecule has 0 spiro atoms. The third-order valence-electron chi connectivity index (χ3n) is 4.59. The number of piperidine rings is 1. The Kier molecular flexibility index (Phi) is 5.63. The van der Waals surface area contributed by atoms with Crippen molar-refractivity contribution in [3.63, 3.8) is 0 Å². The summed E-state index contributed by atoms with van der Waals surface area (Å²) >= 11 is 0. The fraction of sp³-hybridized carbons (Fsp3) is 0.556. The molecular formula is C18H25N3O4. The Morgan fingerprint density at radius 3 is 2.56 bits per heavy atom. The van der Waals surface area contributed by atoms with Crippen LogP contribution in [0.3, 0.4) is 0 Å². The summed E-state index contributed by atoms with van der Waals surface area (Å²) in [4.78, 5) is 25.1. The van der Waals surface area contributed by atoms with Gasteiger partial charge in [0.1, 0.15) is 6.61 Å². The largest absolute Gasteiger partial charge is 0.486 e. The fourth-order valence-electron chi connectivity index (χ4n) is 3.10. The van der Waals surface area contributed by atoms with Crippen molar-refractivity contribution in [2.24, 2.45) is 5.92 Å². The van der Waals surface area contributed by atoms with Crippen LogP contribution >= 0.6 is 0 Å². The number of likely N-dealkylation sites (tertiary alicyclic amines) is 1. The minimum Gasteiger partial charge on any atom is -0.486 e. The number of fused-ring (bicyclic) bond motifs is 1. The maximum absolute atomic E-state index is 12.3. The second-order valence-corrected chi connectivity index (χ2v) is 6.55. The van der Waals surface area contributed by atoms with E-state index in [9.17, 15) is 9.59 Å². The summed E-state index contributed by atoms with van der Waals surface area (Å²) in [6.45, 7) is 4.48. The lowest BCUT2D eigenvalue weighted by Gasteiger charge is -2.33. The summed E-state index contributed by atoms with van der Waals surface area (Å²) in [7, 11) is 0. The summed E-state index contributed by atoms with van der Waals surface area (Å²) < 4.78 is 11.5. The van der Waals surface area contributed by atoms with E-state index in [0.717, 1.165) is 18.6 Å². The number of rotatable bonds is 4. The molecule has 136 valence electrons. The number of amides is 3. The van der Waals surface area contributed by atoms with Gasteiger partial charge >= 0.3 is 6.03 Å². The van der Waals surface area contributed by atoms with E-state index < -0.39 is 0 Å². The first kappa shape index (κ1) is 17.4. The first-order valence-corrected chi connectivity index (χ1v) is 8.77. The summed E-state index contributed by atoms with van der Waals surface area (Å²) in [6.07, 6.45) is 1.63. The van der Waals surface area contributed by atoms with Gasteiger partial charge in [0.25, 0.3) is 0 Å². The fourth-order valence-corrected chi connectivity index (χ4v) is 3.10. The molecule has 0 aromatic heterocycles. The first-order valence-electron chi connectivity index (χ1n) is 8.77. The number of para-hydroxylation sites is 2. The van der Waals surface area contributed by atoms with Crippen LogP contribution in [0.1, 0.15) is 19.8 Å². The van der Waals surface area contributed by atoms with Crippen LogP contribution in [0.15, 0.2) is 24.3 Å². The Morgan fingerprint density at radius 1 is 1.12 bits per heavy atom. The normalized spacial score (nSPS) is 20.0. The van der Waals surface area contributed by atoms with Gasteiger partial charge in [-0.2, -0.15) is 0 Å². The van der Waals surface area contributed by atoms with Crippen molar-refractivity contribution in [1.82, 2.24) is 15.5 Å². The zero-order valence-electron chi connectivity index (χ0n) is 14.5. The van der Waals surface area contributed by atoms with E-state index in [4.69, 9.17) is 9.47 Å². The van der Waals surface area contributed by atoms with E-state index in [-0.39, 0.29) is 18.0 Å². The van der Waals surface area contributed by atoms with Crippen LogP contribution in [0.5, 0.6) is 11.5 Å². The molecule has 0 bridgehead atoms. The van der Waals surface area contributed by atoms with Gasteiger partial charge in [-0.25, -0.2) is 4.79 Å². The van der Waals surface area contributed by atoms with Crippen molar-refractivity contribution in [3.8, 4) is 11.5 Å². The molecule has 2 N–H and O–H groups in total. The van der Waals surface area contributed by atoms with Gasteiger partial charge in [0.2, 0.25) is 5.91 Å². The van der Waals surface area contributed by atoms with Crippen LogP contribution < -0.4 is 20.1 Å². The molecule has 0 radical (unpaired) electrons. The number of benzene rings is 1. The minimum absolute atomic E-state index is 0.00329. The molecule has 2 aliphatic rings. The highest BCUT2D eigenvalue weighted by Crippen LogP contribution is 2.30. The van der Waals surface area contributed by atoms with E-state index in [0.29, 0.717) is 44.5 Å². The van der Waals surface area contributed by atoms with Crippen LogP contribution in [-0.4, -0.2) is 55.7 Å². The number of hydrogen-bond donors (Lipinski definition) is 2. The van der Waals surface area contributed by atoms with Gasteiger partial charge in [0.15, 0.2) is 17.6 Å². The lowest BCUT2D eigenvalue weighted by atomic mass is 9.97. The zero-order chi connectivity index (χ0) is 17.6. The lowest BCUT2D eigenvalue weighted by molar-refractivity contribution is -0.119. The topological polar surface area (TPSA) is 79.9 Å². The van der Waals surface area contributed by atoms with Crippen molar-refractivity contribution in [1.29, 1.82) is 0 Å². The predicted octanol–water partition coefficient (Wildman–Crippen LogP) is 1.38. The van der Waals surface area contributed by atoms with Gasteiger partial charge in [-0.15, -0.1) is 0 Å². The maximum atomic E-state index is 12.3. The van der Waals surface area contributed by atoms with Crippen molar-refractivity contribution in [3.05, 3.63) is 24.3 Å². The summed E-state index contributed by atoms with van der Waals surface area (Å²) in [5.41, 5.74) is 0. The predicted molar refractivity (Wildman–Crippen MR) is 92.7 cm³/mol. The Bertz CT molecular complexity index is 614. The molecule has 0 aliphatic carbocycles. The maximum Gasteiger partial charge on any atom is 0.317 e. The van der Waals surface area contributed by atoms with Crippen molar-refractivity contribution >= 4 is 11.9 Å². The van der Waals surface area contributed by atoms with E-state index >= 15 is 0 Å². The third-order valence-corrected chi connectivity index (χ3v) is 4.59. The first-order chi connectivity index (χ1) is 12.1. The number of nitrogens with one attached hydrogen (secondary N) is 2. The number of carbonyl (C=O) groups is 2.